The van der Waals surface area contributed by atoms with Gasteiger partial charge in [0.05, 0.1) is 13.1 Å². The van der Waals surface area contributed by atoms with E-state index < -0.39 is 27.5 Å². The second-order valence-electron chi connectivity index (χ2n) is 9.23. The summed E-state index contributed by atoms with van der Waals surface area (Å²) in [4.78, 5) is 50.3. The maximum absolute atomic E-state index is 13.6. The van der Waals surface area contributed by atoms with Gasteiger partial charge < -0.3 is 20.3 Å². The van der Waals surface area contributed by atoms with Crippen molar-refractivity contribution in [2.24, 2.45) is 0 Å². The molecule has 15 heteroatoms. The highest BCUT2D eigenvalue weighted by Gasteiger charge is 2.27. The monoisotopic (exact) mass is 558 g/mol. The minimum absolute atomic E-state index is 0.00755. The van der Waals surface area contributed by atoms with E-state index in [4.69, 9.17) is 15.3 Å². The van der Waals surface area contributed by atoms with Gasteiger partial charge in [0.25, 0.3) is 0 Å². The number of benzene rings is 1. The van der Waals surface area contributed by atoms with E-state index in [0.717, 1.165) is 22.9 Å². The first-order chi connectivity index (χ1) is 18.5. The number of nitrogens with one attached hydrogen (secondary N) is 1. The van der Waals surface area contributed by atoms with Gasteiger partial charge in [-0.05, 0) is 18.4 Å². The molecule has 0 aliphatic rings. The Morgan fingerprint density at radius 3 is 2.49 bits per heavy atom. The lowest BCUT2D eigenvalue weighted by Crippen LogP contribution is -2.40. The van der Waals surface area contributed by atoms with Crippen LogP contribution in [0.2, 0.25) is 6.32 Å². The number of rotatable bonds is 11. The number of carbonyl (C=O) groups is 2. The minimum atomic E-state index is -3.36. The number of amides is 2. The van der Waals surface area contributed by atoms with Gasteiger partial charge in [0.2, 0.25) is 5.16 Å². The van der Waals surface area contributed by atoms with Gasteiger partial charge in [-0.15, -0.1) is 0 Å². The van der Waals surface area contributed by atoms with Crippen molar-refractivity contribution < 1.29 is 18.5 Å². The van der Waals surface area contributed by atoms with Crippen LogP contribution in [-0.2, 0) is 21.0 Å². The van der Waals surface area contributed by atoms with Crippen molar-refractivity contribution in [3.8, 4) is 0 Å². The second-order valence-corrected chi connectivity index (χ2v) is 11.4. The average molecular weight is 558 g/mol. The van der Waals surface area contributed by atoms with Crippen LogP contribution in [0.3, 0.4) is 0 Å². The molecule has 3 rings (SSSR count). The highest BCUT2D eigenvalue weighted by Crippen LogP contribution is 2.22. The van der Waals surface area contributed by atoms with E-state index in [1.54, 1.807) is 14.0 Å². The molecular formula is C24H35BN8O5S. The summed E-state index contributed by atoms with van der Waals surface area (Å²) in [6.07, 6.45) is 1.74. The smallest absolute Gasteiger partial charge is 0.409 e. The van der Waals surface area contributed by atoms with Crippen LogP contribution in [0, 0.1) is 4.78 Å². The van der Waals surface area contributed by atoms with Gasteiger partial charge in [-0.3, -0.25) is 4.57 Å². The maximum Gasteiger partial charge on any atom is 0.409 e. The molecule has 0 radical (unpaired) electrons. The van der Waals surface area contributed by atoms with E-state index in [2.05, 4.69) is 9.97 Å². The average Bonchev–Trinajstić information content (AvgIpc) is 3.18. The number of ether oxygens (including phenoxy) is 1. The zero-order valence-electron chi connectivity index (χ0n) is 22.8. The fraction of sp³-hybridized carbons (Fsp3) is 0.458. The fourth-order valence-electron chi connectivity index (χ4n) is 3.89. The van der Waals surface area contributed by atoms with Crippen molar-refractivity contribution in [3.05, 3.63) is 46.4 Å². The summed E-state index contributed by atoms with van der Waals surface area (Å²) in [6, 6.07) is 8.35. The zero-order chi connectivity index (χ0) is 28.7. The van der Waals surface area contributed by atoms with Crippen molar-refractivity contribution >= 4 is 46.7 Å². The Morgan fingerprint density at radius 1 is 1.15 bits per heavy atom. The van der Waals surface area contributed by atoms with E-state index in [-0.39, 0.29) is 47.6 Å². The number of anilines is 1. The molecule has 1 aromatic carbocycles. The number of hydrogen-bond acceptors (Lipinski definition) is 9. The summed E-state index contributed by atoms with van der Waals surface area (Å²) >= 11 is 0. The predicted molar refractivity (Wildman–Crippen MR) is 151 cm³/mol. The molecule has 2 aromatic heterocycles. The van der Waals surface area contributed by atoms with Gasteiger partial charge in [-0.2, -0.15) is 4.98 Å². The first-order valence-electron chi connectivity index (χ1n) is 12.7. The summed E-state index contributed by atoms with van der Waals surface area (Å²) in [5, 5.41) is -0.284. The lowest BCUT2D eigenvalue weighted by atomic mass is 10.0. The summed E-state index contributed by atoms with van der Waals surface area (Å²) in [5.74, 6) is -0.212. The van der Waals surface area contributed by atoms with Crippen LogP contribution in [0.25, 0.3) is 11.2 Å². The Hall–Kier alpha value is -3.88. The highest BCUT2D eigenvalue weighted by molar-refractivity contribution is 7.92. The minimum Gasteiger partial charge on any atom is -0.448 e. The number of fused-ring (bicyclic) bond motifs is 1. The molecule has 13 nitrogen and oxygen atoms in total. The Kier molecular flexibility index (Phi) is 9.73. The molecule has 2 heterocycles. The molecule has 1 atom stereocenters. The first kappa shape index (κ1) is 29.7. The maximum atomic E-state index is 13.6. The molecule has 0 aliphatic carbocycles. The van der Waals surface area contributed by atoms with Crippen molar-refractivity contribution in [2.45, 2.75) is 37.8 Å². The quantitative estimate of drug-likeness (QED) is 0.263. The van der Waals surface area contributed by atoms with Crippen molar-refractivity contribution in [1.29, 1.82) is 4.78 Å². The molecule has 3 N–H and O–H groups in total. The van der Waals surface area contributed by atoms with Crippen LogP contribution in [-0.4, -0.2) is 92.6 Å². The van der Waals surface area contributed by atoms with Crippen molar-refractivity contribution in [1.82, 2.24) is 28.9 Å². The third kappa shape index (κ3) is 6.77. The lowest BCUT2D eigenvalue weighted by Gasteiger charge is -2.20. The fourth-order valence-corrected chi connectivity index (χ4v) is 5.13. The van der Waals surface area contributed by atoms with Gasteiger partial charge in [0, 0.05) is 26.4 Å². The molecule has 0 aliphatic heterocycles. The number of carbonyl (C=O) groups excluding carboxylic acids is 2. The third-order valence-electron chi connectivity index (χ3n) is 6.07. The van der Waals surface area contributed by atoms with E-state index in [0.29, 0.717) is 13.0 Å². The summed E-state index contributed by atoms with van der Waals surface area (Å²) in [7, 11) is 1.76. The van der Waals surface area contributed by atoms with Gasteiger partial charge in [0.15, 0.2) is 11.5 Å². The largest absolute Gasteiger partial charge is 0.448 e. The predicted octanol–water partition coefficient (Wildman–Crippen LogP) is 1.45. The van der Waals surface area contributed by atoms with Crippen molar-refractivity contribution in [3.63, 3.8) is 0 Å². The van der Waals surface area contributed by atoms with Gasteiger partial charge in [-0.1, -0.05) is 43.6 Å². The topological polar surface area (TPSA) is 170 Å². The Balaban J connectivity index is 1.98. The molecule has 0 spiro atoms. The van der Waals surface area contributed by atoms with Crippen LogP contribution in [0.4, 0.5) is 15.4 Å². The molecule has 3 aromatic rings. The molecule has 0 saturated carbocycles. The number of nitrogen functional groups attached to an aromatic ring is 1. The Bertz CT molecular complexity index is 1490. The number of imidazole rings is 1. The van der Waals surface area contributed by atoms with E-state index in [9.17, 15) is 18.6 Å². The second kappa shape index (κ2) is 12.8. The SMILES string of the molecule is BCCCN(C)C(=O)OCCN(C)C(=O)n1c(=O)n(Cc2ccccc2)c2nc(S(=N)(=O)CCC)nc(N)c21. The summed E-state index contributed by atoms with van der Waals surface area (Å²) in [5.41, 5.74) is 6.21. The number of hydrogen-bond donors (Lipinski definition) is 2. The molecule has 1 unspecified atom stereocenters. The van der Waals surface area contributed by atoms with Crippen LogP contribution in [0.5, 0.6) is 0 Å². The van der Waals surface area contributed by atoms with Crippen LogP contribution < -0.4 is 11.4 Å². The number of likely N-dealkylation sites (N-methyl/N-ethyl adjacent to an activating group) is 1. The zero-order valence-corrected chi connectivity index (χ0v) is 23.6. The van der Waals surface area contributed by atoms with Gasteiger partial charge in [0.1, 0.15) is 29.7 Å². The van der Waals surface area contributed by atoms with Crippen molar-refractivity contribution in [2.75, 3.05) is 45.3 Å². The van der Waals surface area contributed by atoms with Crippen LogP contribution in [0.15, 0.2) is 40.3 Å². The summed E-state index contributed by atoms with van der Waals surface area (Å²) in [6.45, 7) is 2.34. The van der Waals surface area contributed by atoms with E-state index >= 15 is 0 Å². The number of aromatic nitrogens is 4. The molecule has 0 saturated heterocycles. The molecule has 2 amide bonds. The Morgan fingerprint density at radius 2 is 1.85 bits per heavy atom. The molecule has 210 valence electrons. The van der Waals surface area contributed by atoms with Crippen LogP contribution in [0.1, 0.15) is 25.3 Å². The van der Waals surface area contributed by atoms with Gasteiger partial charge >= 0.3 is 17.8 Å². The molecular weight excluding hydrogens is 523 g/mol. The van der Waals surface area contributed by atoms with Crippen LogP contribution >= 0.6 is 0 Å². The number of nitrogens with zero attached hydrogens (tertiary/aromatic N) is 6. The lowest BCUT2D eigenvalue weighted by molar-refractivity contribution is 0.103. The molecule has 39 heavy (non-hydrogen) atoms. The Labute approximate surface area is 228 Å². The molecule has 0 bridgehead atoms. The van der Waals surface area contributed by atoms with Gasteiger partial charge in [-0.25, -0.2) is 32.9 Å². The highest BCUT2D eigenvalue weighted by atomic mass is 32.2. The molecule has 0 fully saturated rings. The van der Waals surface area contributed by atoms with E-state index in [1.807, 2.05) is 38.2 Å². The summed E-state index contributed by atoms with van der Waals surface area (Å²) < 4.78 is 28.6. The third-order valence-corrected chi connectivity index (χ3v) is 7.83. The first-order valence-corrected chi connectivity index (χ1v) is 14.5. The number of nitrogens with two attached hydrogens (primary N) is 1. The standard InChI is InChI=1S/C24H35BN8O5S/c1-4-15-39(27,37)21-28-19(26)18-20(29-21)32(16-17-9-6-5-7-10-17)23(35)33(18)22(34)30(2)13-14-38-24(36)31(3)12-8-11-25/h5-7,9-10,27H,4,8,11-16,25H2,1-3H3,(H2,26,28,29). The normalized spacial score (nSPS) is 12.7. The van der Waals surface area contributed by atoms with E-state index in [1.165, 1.54) is 21.4 Å².